The first kappa shape index (κ1) is 22.7. The summed E-state index contributed by atoms with van der Waals surface area (Å²) in [6.45, 7) is 3.92. The van der Waals surface area contributed by atoms with Crippen LogP contribution >= 0.6 is 0 Å². The number of nitrogens with zero attached hydrogens (tertiary/aromatic N) is 6. The molecule has 0 spiro atoms. The van der Waals surface area contributed by atoms with E-state index >= 15 is 0 Å². The number of hydrogen-bond acceptors (Lipinski definition) is 5. The zero-order valence-corrected chi connectivity index (χ0v) is 18.8. The number of halogens is 2. The fourth-order valence-corrected chi connectivity index (χ4v) is 3.66. The van der Waals surface area contributed by atoms with E-state index in [0.29, 0.717) is 31.0 Å². The van der Waals surface area contributed by atoms with E-state index in [-0.39, 0.29) is 12.2 Å². The average Bonchev–Trinajstić information content (AvgIpc) is 3.50. The lowest BCUT2D eigenvalue weighted by Crippen LogP contribution is -2.14. The highest BCUT2D eigenvalue weighted by molar-refractivity contribution is 5.60. The van der Waals surface area contributed by atoms with Gasteiger partial charge < -0.3 is 0 Å². The van der Waals surface area contributed by atoms with Gasteiger partial charge in [0.15, 0.2) is 0 Å². The Hall–Kier alpha value is -3.49. The zero-order chi connectivity index (χ0) is 23.3. The zero-order valence-electron chi connectivity index (χ0n) is 18.8. The number of H-pyrrole nitrogens is 1. The van der Waals surface area contributed by atoms with Crippen molar-refractivity contribution in [2.24, 2.45) is 0 Å². The standard InChI is InChI=1S/C24H27F2N7/c1-3-5-10-21-27-23(24(25,26)4-2)30-33(21)16-18-13-11-17(12-14-18)15-19-8-6-7-9-20(19)22-28-31-32-29-22/h6-9,11-14H,3-5,10,15-16H2,1-2H3,(H,28,29,31,32). The molecule has 1 N–H and O–H groups in total. The predicted molar refractivity (Wildman–Crippen MR) is 121 cm³/mol. The summed E-state index contributed by atoms with van der Waals surface area (Å²) in [5, 5.41) is 18.5. The van der Waals surface area contributed by atoms with E-state index < -0.39 is 5.92 Å². The smallest absolute Gasteiger partial charge is 0.245 e. The van der Waals surface area contributed by atoms with E-state index in [1.54, 1.807) is 4.68 Å². The van der Waals surface area contributed by atoms with Crippen molar-refractivity contribution < 1.29 is 8.78 Å². The Kier molecular flexibility index (Phi) is 6.86. The first-order valence-electron chi connectivity index (χ1n) is 11.2. The van der Waals surface area contributed by atoms with Crippen LogP contribution < -0.4 is 0 Å². The van der Waals surface area contributed by atoms with Crippen molar-refractivity contribution in [3.63, 3.8) is 0 Å². The molecule has 4 rings (SSSR count). The fraction of sp³-hybridized carbons (Fsp3) is 0.375. The fourth-order valence-electron chi connectivity index (χ4n) is 3.66. The third-order valence-corrected chi connectivity index (χ3v) is 5.63. The molecule has 0 unspecified atom stereocenters. The van der Waals surface area contributed by atoms with Crippen molar-refractivity contribution in [3.05, 3.63) is 76.9 Å². The highest BCUT2D eigenvalue weighted by atomic mass is 19.3. The van der Waals surface area contributed by atoms with E-state index in [1.807, 2.05) is 48.5 Å². The highest BCUT2D eigenvalue weighted by Gasteiger charge is 2.35. The Balaban J connectivity index is 1.52. The topological polar surface area (TPSA) is 85.2 Å². The molecule has 2 heterocycles. The van der Waals surface area contributed by atoms with Gasteiger partial charge in [0, 0.05) is 18.4 Å². The third kappa shape index (κ3) is 5.30. The summed E-state index contributed by atoms with van der Waals surface area (Å²) in [4.78, 5) is 4.18. The monoisotopic (exact) mass is 451 g/mol. The first-order valence-corrected chi connectivity index (χ1v) is 11.2. The lowest BCUT2D eigenvalue weighted by atomic mass is 9.98. The second-order valence-electron chi connectivity index (χ2n) is 8.06. The maximum atomic E-state index is 14.2. The van der Waals surface area contributed by atoms with Gasteiger partial charge in [-0.25, -0.2) is 9.67 Å². The van der Waals surface area contributed by atoms with Gasteiger partial charge in [0.1, 0.15) is 5.82 Å². The van der Waals surface area contributed by atoms with E-state index in [0.717, 1.165) is 35.1 Å². The molecule has 0 saturated carbocycles. The number of aryl methyl sites for hydroxylation is 1. The molecular formula is C24H27F2N7. The molecule has 0 saturated heterocycles. The molecule has 33 heavy (non-hydrogen) atoms. The van der Waals surface area contributed by atoms with E-state index in [2.05, 4.69) is 37.6 Å². The molecule has 0 aliphatic heterocycles. The number of aromatic nitrogens is 7. The molecule has 172 valence electrons. The van der Waals surface area contributed by atoms with Crippen molar-refractivity contribution in [3.8, 4) is 11.4 Å². The van der Waals surface area contributed by atoms with Gasteiger partial charge in [0.25, 0.3) is 0 Å². The normalized spacial score (nSPS) is 11.8. The summed E-state index contributed by atoms with van der Waals surface area (Å²) >= 11 is 0. The molecule has 7 nitrogen and oxygen atoms in total. The van der Waals surface area contributed by atoms with Crippen LogP contribution in [0.4, 0.5) is 8.78 Å². The maximum Gasteiger partial charge on any atom is 0.308 e. The van der Waals surface area contributed by atoms with Gasteiger partial charge >= 0.3 is 5.92 Å². The molecule has 0 aliphatic carbocycles. The minimum absolute atomic E-state index is 0.315. The number of nitrogens with one attached hydrogen (secondary N) is 1. The van der Waals surface area contributed by atoms with Crippen LogP contribution in [0, 0.1) is 0 Å². The summed E-state index contributed by atoms with van der Waals surface area (Å²) in [5.41, 5.74) is 4.14. The summed E-state index contributed by atoms with van der Waals surface area (Å²) in [6, 6.07) is 16.1. The second kappa shape index (κ2) is 9.97. The molecule has 9 heteroatoms. The number of tetrazole rings is 1. The van der Waals surface area contributed by atoms with E-state index in [1.165, 1.54) is 6.92 Å². The third-order valence-electron chi connectivity index (χ3n) is 5.63. The Bertz CT molecular complexity index is 1170. The van der Waals surface area contributed by atoms with Gasteiger partial charge in [-0.15, -0.1) is 15.3 Å². The molecule has 0 amide bonds. The Morgan fingerprint density at radius 2 is 1.76 bits per heavy atom. The van der Waals surface area contributed by atoms with E-state index in [4.69, 9.17) is 0 Å². The number of hydrogen-bond donors (Lipinski definition) is 1. The summed E-state index contributed by atoms with van der Waals surface area (Å²) in [6.07, 6.45) is 2.88. The highest BCUT2D eigenvalue weighted by Crippen LogP contribution is 2.29. The van der Waals surface area contributed by atoms with Gasteiger partial charge in [0.05, 0.1) is 6.54 Å². The lowest BCUT2D eigenvalue weighted by molar-refractivity contribution is -0.0177. The number of rotatable bonds is 10. The summed E-state index contributed by atoms with van der Waals surface area (Å²) in [7, 11) is 0. The molecule has 0 bridgehead atoms. The van der Waals surface area contributed by atoms with Crippen LogP contribution in [0.1, 0.15) is 61.4 Å². The minimum atomic E-state index is -3.01. The minimum Gasteiger partial charge on any atom is -0.245 e. The van der Waals surface area contributed by atoms with Crippen molar-refractivity contribution in [1.29, 1.82) is 0 Å². The predicted octanol–water partition coefficient (Wildman–Crippen LogP) is 4.94. The van der Waals surface area contributed by atoms with Gasteiger partial charge in [-0.3, -0.25) is 0 Å². The first-order chi connectivity index (χ1) is 16.0. The van der Waals surface area contributed by atoms with Crippen molar-refractivity contribution >= 4 is 0 Å². The Morgan fingerprint density at radius 1 is 1.00 bits per heavy atom. The van der Waals surface area contributed by atoms with Gasteiger partial charge in [0.2, 0.25) is 11.6 Å². The number of unbranched alkanes of at least 4 members (excludes halogenated alkanes) is 1. The quantitative estimate of drug-likeness (QED) is 0.369. The van der Waals surface area contributed by atoms with Crippen LogP contribution in [0.3, 0.4) is 0 Å². The van der Waals surface area contributed by atoms with Gasteiger partial charge in [-0.05, 0) is 34.7 Å². The molecule has 0 atom stereocenters. The number of benzene rings is 2. The maximum absolute atomic E-state index is 14.2. The molecule has 4 aromatic rings. The molecule has 0 aliphatic rings. The van der Waals surface area contributed by atoms with Crippen LogP contribution in [0.5, 0.6) is 0 Å². The Labute approximate surface area is 191 Å². The van der Waals surface area contributed by atoms with Crippen molar-refractivity contribution in [2.45, 2.75) is 58.4 Å². The largest absolute Gasteiger partial charge is 0.308 e. The van der Waals surface area contributed by atoms with Crippen LogP contribution in [0.2, 0.25) is 0 Å². The molecule has 2 aromatic carbocycles. The van der Waals surface area contributed by atoms with Crippen molar-refractivity contribution in [2.75, 3.05) is 0 Å². The molecule has 0 fully saturated rings. The molecular weight excluding hydrogens is 424 g/mol. The van der Waals surface area contributed by atoms with E-state index in [9.17, 15) is 8.78 Å². The van der Waals surface area contributed by atoms with Gasteiger partial charge in [-0.2, -0.15) is 14.0 Å². The van der Waals surface area contributed by atoms with Crippen LogP contribution in [-0.4, -0.2) is 35.4 Å². The Morgan fingerprint density at radius 3 is 2.45 bits per heavy atom. The lowest BCUT2D eigenvalue weighted by Gasteiger charge is -2.09. The van der Waals surface area contributed by atoms with Crippen LogP contribution in [0.15, 0.2) is 48.5 Å². The van der Waals surface area contributed by atoms with Crippen LogP contribution in [0.25, 0.3) is 11.4 Å². The SMILES string of the molecule is CCCCc1nc(C(F)(F)CC)nn1Cc1ccc(Cc2ccccc2-c2nn[nH]n2)cc1. The van der Waals surface area contributed by atoms with Crippen molar-refractivity contribution in [1.82, 2.24) is 35.4 Å². The number of aromatic amines is 1. The summed E-state index contributed by atoms with van der Waals surface area (Å²) in [5.74, 6) is -2.22. The molecule has 2 aromatic heterocycles. The van der Waals surface area contributed by atoms with Gasteiger partial charge in [-0.1, -0.05) is 68.8 Å². The second-order valence-corrected chi connectivity index (χ2v) is 8.06. The summed E-state index contributed by atoms with van der Waals surface area (Å²) < 4.78 is 30.0. The average molecular weight is 452 g/mol. The molecule has 0 radical (unpaired) electrons. The van der Waals surface area contributed by atoms with Crippen LogP contribution in [-0.2, 0) is 25.3 Å². The number of alkyl halides is 2.